The van der Waals surface area contributed by atoms with E-state index in [1.54, 1.807) is 20.8 Å². The van der Waals surface area contributed by atoms with Gasteiger partial charge in [0.1, 0.15) is 17.7 Å². The minimum absolute atomic E-state index is 0.0206. The number of unbranched alkanes of at least 4 members (excludes halogenated alkanes) is 1. The van der Waals surface area contributed by atoms with Gasteiger partial charge in [-0.05, 0) is 46.6 Å². The molecule has 2 N–H and O–H groups in total. The molecule has 2 atom stereocenters. The molecule has 0 bridgehead atoms. The summed E-state index contributed by atoms with van der Waals surface area (Å²) in [6, 6.07) is 5.85. The lowest BCUT2D eigenvalue weighted by molar-refractivity contribution is -0.138. The van der Waals surface area contributed by atoms with Crippen molar-refractivity contribution in [2.24, 2.45) is 0 Å². The zero-order valence-corrected chi connectivity index (χ0v) is 20.7. The van der Waals surface area contributed by atoms with Gasteiger partial charge >= 0.3 is 6.09 Å². The number of hydrogen-bond acceptors (Lipinski definition) is 5. The van der Waals surface area contributed by atoms with Crippen molar-refractivity contribution in [1.29, 1.82) is 0 Å². The Balaban J connectivity index is 3.28. The number of alkyl carbamates (subject to hydrolysis) is 1. The van der Waals surface area contributed by atoms with Gasteiger partial charge in [-0.1, -0.05) is 49.1 Å². The predicted octanol–water partition coefficient (Wildman–Crippen LogP) is 3.50. The Kier molecular flexibility index (Phi) is 10.6. The number of terminal acetylenes is 1. The lowest BCUT2D eigenvalue weighted by Gasteiger charge is -2.30. The maximum atomic E-state index is 13.3. The largest absolute Gasteiger partial charge is 0.444 e. The van der Waals surface area contributed by atoms with E-state index in [4.69, 9.17) is 11.2 Å². The van der Waals surface area contributed by atoms with Gasteiger partial charge in [-0.3, -0.25) is 14.5 Å². The van der Waals surface area contributed by atoms with Gasteiger partial charge in [0, 0.05) is 18.3 Å². The zero-order chi connectivity index (χ0) is 24.5. The second-order valence-corrected chi connectivity index (χ2v) is 9.05. The van der Waals surface area contributed by atoms with Crippen LogP contribution >= 0.6 is 12.6 Å². The Labute approximate surface area is 197 Å². The Morgan fingerprint density at radius 3 is 2.25 bits per heavy atom. The van der Waals surface area contributed by atoms with Gasteiger partial charge in [-0.2, -0.15) is 12.6 Å². The zero-order valence-electron chi connectivity index (χ0n) is 19.8. The quantitative estimate of drug-likeness (QED) is 0.227. The van der Waals surface area contributed by atoms with Gasteiger partial charge in [0.2, 0.25) is 5.91 Å². The van der Waals surface area contributed by atoms with Crippen molar-refractivity contribution in [2.75, 3.05) is 12.3 Å². The van der Waals surface area contributed by atoms with Crippen molar-refractivity contribution in [2.45, 2.75) is 72.1 Å². The van der Waals surface area contributed by atoms with E-state index in [9.17, 15) is 14.4 Å². The average Bonchev–Trinajstić information content (AvgIpc) is 2.67. The third kappa shape index (κ3) is 8.46. The summed E-state index contributed by atoms with van der Waals surface area (Å²) in [6.45, 7) is 11.5. The van der Waals surface area contributed by atoms with Gasteiger partial charge in [0.25, 0.3) is 5.91 Å². The molecule has 3 amide bonds. The molecule has 0 heterocycles. The van der Waals surface area contributed by atoms with Crippen molar-refractivity contribution < 1.29 is 19.1 Å². The van der Waals surface area contributed by atoms with Crippen molar-refractivity contribution in [1.82, 2.24) is 15.5 Å². The number of thiol groups is 1. The third-order valence-corrected chi connectivity index (χ3v) is 4.81. The fourth-order valence-electron chi connectivity index (χ4n) is 3.14. The summed E-state index contributed by atoms with van der Waals surface area (Å²) < 4.78 is 5.24. The second kappa shape index (κ2) is 12.4. The van der Waals surface area contributed by atoms with E-state index >= 15 is 0 Å². The van der Waals surface area contributed by atoms with Crippen LogP contribution in [0.4, 0.5) is 4.79 Å². The summed E-state index contributed by atoms with van der Waals surface area (Å²) >= 11 is 4.20. The van der Waals surface area contributed by atoms with Crippen molar-refractivity contribution in [3.63, 3.8) is 0 Å². The van der Waals surface area contributed by atoms with Gasteiger partial charge in [-0.15, -0.1) is 0 Å². The lowest BCUT2D eigenvalue weighted by atomic mass is 9.99. The highest BCUT2D eigenvalue weighted by molar-refractivity contribution is 7.80. The van der Waals surface area contributed by atoms with Gasteiger partial charge in [-0.25, -0.2) is 4.79 Å². The summed E-state index contributed by atoms with van der Waals surface area (Å²) in [4.78, 5) is 39.7. The summed E-state index contributed by atoms with van der Waals surface area (Å²) in [5.41, 5.74) is 1.74. The standard InChI is InChI=1S/C24H35N3O4S/c1-8-10-11-25-21(28)20(18-13-16(3)12-17(4)14-18)27(9-2)22(29)19(15-32)26-23(30)31-24(5,6)7/h2,12-14,19-20,32H,8,10-11,15H2,1,3-7H3,(H,25,28)(H,26,30). The van der Waals surface area contributed by atoms with Gasteiger partial charge in [0.15, 0.2) is 0 Å². The number of benzene rings is 1. The Morgan fingerprint density at radius 2 is 1.78 bits per heavy atom. The first-order valence-electron chi connectivity index (χ1n) is 10.7. The van der Waals surface area contributed by atoms with E-state index in [2.05, 4.69) is 29.3 Å². The normalized spacial score (nSPS) is 12.8. The van der Waals surface area contributed by atoms with Gasteiger partial charge in [0.05, 0.1) is 0 Å². The summed E-state index contributed by atoms with van der Waals surface area (Å²) in [5.74, 6) is -1.03. The molecule has 2 unspecified atom stereocenters. The average molecular weight is 462 g/mol. The second-order valence-electron chi connectivity index (χ2n) is 8.69. The lowest BCUT2D eigenvalue weighted by Crippen LogP contribution is -2.52. The number of amides is 3. The summed E-state index contributed by atoms with van der Waals surface area (Å²) in [7, 11) is 0. The van der Waals surface area contributed by atoms with E-state index in [0.29, 0.717) is 12.1 Å². The third-order valence-electron chi connectivity index (χ3n) is 4.44. The Hall–Kier alpha value is -2.66. The van der Waals surface area contributed by atoms with Crippen LogP contribution in [0, 0.1) is 26.3 Å². The number of nitrogens with one attached hydrogen (secondary N) is 2. The van der Waals surface area contributed by atoms with Crippen LogP contribution in [0.2, 0.25) is 0 Å². The van der Waals surface area contributed by atoms with Crippen LogP contribution in [-0.4, -0.2) is 46.7 Å². The molecule has 0 radical (unpaired) electrons. The van der Waals surface area contributed by atoms with Crippen LogP contribution in [0.3, 0.4) is 0 Å². The molecule has 0 aliphatic carbocycles. The Bertz CT molecular complexity index is 838. The molecule has 7 nitrogen and oxygen atoms in total. The number of rotatable bonds is 9. The minimum atomic E-state index is -1.07. The fraction of sp³-hybridized carbons (Fsp3) is 0.542. The molecule has 1 aromatic carbocycles. The molecule has 0 aliphatic rings. The van der Waals surface area contributed by atoms with Gasteiger partial charge < -0.3 is 15.4 Å². The van der Waals surface area contributed by atoms with Crippen molar-refractivity contribution in [3.8, 4) is 12.5 Å². The molecular formula is C24H35N3O4S. The van der Waals surface area contributed by atoms with E-state index in [1.807, 2.05) is 39.0 Å². The molecule has 32 heavy (non-hydrogen) atoms. The first-order chi connectivity index (χ1) is 14.9. The molecule has 1 rings (SSSR count). The molecule has 0 saturated carbocycles. The summed E-state index contributed by atoms with van der Waals surface area (Å²) in [6.07, 6.45) is 6.66. The number of ether oxygens (including phenoxy) is 1. The molecule has 0 aliphatic heterocycles. The number of aryl methyl sites for hydroxylation is 2. The predicted molar refractivity (Wildman–Crippen MR) is 129 cm³/mol. The van der Waals surface area contributed by atoms with Crippen LogP contribution in [0.1, 0.15) is 63.3 Å². The highest BCUT2D eigenvalue weighted by Crippen LogP contribution is 2.24. The maximum Gasteiger partial charge on any atom is 0.408 e. The monoisotopic (exact) mass is 461 g/mol. The number of hydrogen-bond donors (Lipinski definition) is 3. The van der Waals surface area contributed by atoms with E-state index in [-0.39, 0.29) is 11.7 Å². The van der Waals surface area contributed by atoms with E-state index < -0.39 is 29.7 Å². The van der Waals surface area contributed by atoms with Crippen LogP contribution in [-0.2, 0) is 14.3 Å². The summed E-state index contributed by atoms with van der Waals surface area (Å²) in [5, 5.41) is 5.36. The van der Waals surface area contributed by atoms with Crippen molar-refractivity contribution >= 4 is 30.5 Å². The van der Waals surface area contributed by atoms with Crippen molar-refractivity contribution in [3.05, 3.63) is 34.9 Å². The molecule has 0 saturated heterocycles. The first-order valence-corrected chi connectivity index (χ1v) is 11.3. The number of carbonyl (C=O) groups is 3. The topological polar surface area (TPSA) is 87.7 Å². The maximum absolute atomic E-state index is 13.3. The SMILES string of the molecule is C#CN(C(=O)C(CS)NC(=O)OC(C)(C)C)C(C(=O)NCCCC)c1cc(C)cc(C)c1. The first kappa shape index (κ1) is 27.4. The molecule has 0 fully saturated rings. The molecule has 1 aromatic rings. The smallest absolute Gasteiger partial charge is 0.408 e. The number of nitrogens with zero attached hydrogens (tertiary/aromatic N) is 1. The van der Waals surface area contributed by atoms with Crippen LogP contribution in [0.15, 0.2) is 18.2 Å². The highest BCUT2D eigenvalue weighted by atomic mass is 32.1. The van der Waals surface area contributed by atoms with Crippen LogP contribution in [0.25, 0.3) is 0 Å². The van der Waals surface area contributed by atoms with E-state index in [0.717, 1.165) is 28.9 Å². The minimum Gasteiger partial charge on any atom is -0.444 e. The van der Waals surface area contributed by atoms with Crippen LogP contribution < -0.4 is 10.6 Å². The number of carbonyl (C=O) groups excluding carboxylic acids is 3. The van der Waals surface area contributed by atoms with Crippen LogP contribution in [0.5, 0.6) is 0 Å². The Morgan fingerprint density at radius 1 is 1.19 bits per heavy atom. The van der Waals surface area contributed by atoms with E-state index in [1.165, 1.54) is 0 Å². The molecular weight excluding hydrogens is 426 g/mol. The fourth-order valence-corrected chi connectivity index (χ4v) is 3.39. The molecule has 0 aromatic heterocycles. The molecule has 8 heteroatoms. The molecule has 176 valence electrons. The molecule has 0 spiro atoms. The highest BCUT2D eigenvalue weighted by Gasteiger charge is 2.35.